The molecule has 1 aliphatic rings. The van der Waals surface area contributed by atoms with Gasteiger partial charge in [0.1, 0.15) is 0 Å². The Morgan fingerprint density at radius 2 is 2.17 bits per heavy atom. The minimum Gasteiger partial charge on any atom is -0.504 e. The molecule has 0 radical (unpaired) electrons. The highest BCUT2D eigenvalue weighted by atomic mass is 16.3. The van der Waals surface area contributed by atoms with E-state index in [-0.39, 0.29) is 23.0 Å². The SMILES string of the molecule is CC1CCCC1CNC(=O)c1cccc(O)c1O. The van der Waals surface area contributed by atoms with Gasteiger partial charge in [-0.2, -0.15) is 0 Å². The lowest BCUT2D eigenvalue weighted by Gasteiger charge is -2.16. The molecule has 2 atom stereocenters. The summed E-state index contributed by atoms with van der Waals surface area (Å²) in [6.45, 7) is 2.84. The number of phenolic OH excluding ortho intramolecular Hbond substituents is 2. The zero-order valence-electron chi connectivity index (χ0n) is 10.5. The maximum atomic E-state index is 11.9. The summed E-state index contributed by atoms with van der Waals surface area (Å²) < 4.78 is 0. The monoisotopic (exact) mass is 249 g/mol. The van der Waals surface area contributed by atoms with E-state index >= 15 is 0 Å². The summed E-state index contributed by atoms with van der Waals surface area (Å²) in [6, 6.07) is 4.40. The fraction of sp³-hybridized carbons (Fsp3) is 0.500. The van der Waals surface area contributed by atoms with Crippen LogP contribution < -0.4 is 5.32 Å². The Bertz CT molecular complexity index is 445. The van der Waals surface area contributed by atoms with Crippen LogP contribution in [0.5, 0.6) is 11.5 Å². The molecule has 1 aliphatic carbocycles. The minimum atomic E-state index is -0.352. The van der Waals surface area contributed by atoms with Gasteiger partial charge in [0.05, 0.1) is 5.56 Å². The molecule has 2 rings (SSSR count). The van der Waals surface area contributed by atoms with E-state index in [4.69, 9.17) is 0 Å². The van der Waals surface area contributed by atoms with Crippen LogP contribution in [-0.2, 0) is 0 Å². The molecular formula is C14H19NO3. The first-order valence-electron chi connectivity index (χ1n) is 6.38. The molecule has 0 aromatic heterocycles. The molecule has 3 N–H and O–H groups in total. The zero-order chi connectivity index (χ0) is 13.1. The third kappa shape index (κ3) is 2.58. The van der Waals surface area contributed by atoms with Crippen LogP contribution in [0.25, 0.3) is 0 Å². The van der Waals surface area contributed by atoms with Crippen LogP contribution in [0.4, 0.5) is 0 Å². The highest BCUT2D eigenvalue weighted by Crippen LogP contribution is 2.31. The molecular weight excluding hydrogens is 230 g/mol. The molecule has 1 saturated carbocycles. The summed E-state index contributed by atoms with van der Waals surface area (Å²) in [7, 11) is 0. The van der Waals surface area contributed by atoms with E-state index in [2.05, 4.69) is 12.2 Å². The van der Waals surface area contributed by atoms with Crippen molar-refractivity contribution in [2.45, 2.75) is 26.2 Å². The van der Waals surface area contributed by atoms with Crippen LogP contribution in [0, 0.1) is 11.8 Å². The Morgan fingerprint density at radius 1 is 1.39 bits per heavy atom. The first kappa shape index (κ1) is 12.7. The van der Waals surface area contributed by atoms with Crippen molar-refractivity contribution >= 4 is 5.91 Å². The molecule has 1 aromatic rings. The molecule has 4 nitrogen and oxygen atoms in total. The Kier molecular flexibility index (Phi) is 3.75. The molecule has 1 aromatic carbocycles. The maximum Gasteiger partial charge on any atom is 0.255 e. The second-order valence-corrected chi connectivity index (χ2v) is 5.05. The number of nitrogens with one attached hydrogen (secondary N) is 1. The van der Waals surface area contributed by atoms with Crippen molar-refractivity contribution in [1.29, 1.82) is 0 Å². The first-order chi connectivity index (χ1) is 8.59. The third-order valence-electron chi connectivity index (χ3n) is 3.82. The van der Waals surface area contributed by atoms with Crippen molar-refractivity contribution in [1.82, 2.24) is 5.32 Å². The second kappa shape index (κ2) is 5.29. The Labute approximate surface area is 107 Å². The van der Waals surface area contributed by atoms with E-state index in [0.717, 1.165) is 6.42 Å². The third-order valence-corrected chi connectivity index (χ3v) is 3.82. The number of amides is 1. The van der Waals surface area contributed by atoms with Gasteiger partial charge in [-0.15, -0.1) is 0 Å². The van der Waals surface area contributed by atoms with E-state index < -0.39 is 0 Å². The van der Waals surface area contributed by atoms with Crippen molar-refractivity contribution in [3.05, 3.63) is 23.8 Å². The molecule has 0 heterocycles. The fourth-order valence-electron chi connectivity index (χ4n) is 2.56. The molecule has 0 saturated heterocycles. The number of carbonyl (C=O) groups is 1. The highest BCUT2D eigenvalue weighted by Gasteiger charge is 2.24. The van der Waals surface area contributed by atoms with Gasteiger partial charge in [-0.25, -0.2) is 0 Å². The van der Waals surface area contributed by atoms with Crippen LogP contribution in [-0.4, -0.2) is 22.7 Å². The summed E-state index contributed by atoms with van der Waals surface area (Å²) >= 11 is 0. The average molecular weight is 249 g/mol. The quantitative estimate of drug-likeness (QED) is 0.720. The number of hydrogen-bond donors (Lipinski definition) is 3. The van der Waals surface area contributed by atoms with E-state index in [1.54, 1.807) is 6.07 Å². The predicted octanol–water partition coefficient (Wildman–Crippen LogP) is 2.26. The van der Waals surface area contributed by atoms with Crippen LogP contribution >= 0.6 is 0 Å². The van der Waals surface area contributed by atoms with Gasteiger partial charge in [-0.05, 0) is 30.4 Å². The standard InChI is InChI=1S/C14H19NO3/c1-9-4-2-5-10(9)8-15-14(18)11-6-3-7-12(16)13(11)17/h3,6-7,9-10,16-17H,2,4-5,8H2,1H3,(H,15,18). The zero-order valence-corrected chi connectivity index (χ0v) is 10.5. The van der Waals surface area contributed by atoms with E-state index in [0.29, 0.717) is 18.4 Å². The largest absolute Gasteiger partial charge is 0.504 e. The van der Waals surface area contributed by atoms with Gasteiger partial charge in [0.25, 0.3) is 5.91 Å². The van der Waals surface area contributed by atoms with Gasteiger partial charge >= 0.3 is 0 Å². The molecule has 0 spiro atoms. The van der Waals surface area contributed by atoms with E-state index in [1.807, 2.05) is 0 Å². The Morgan fingerprint density at radius 3 is 2.83 bits per heavy atom. The number of rotatable bonds is 3. The van der Waals surface area contributed by atoms with Crippen molar-refractivity contribution in [3.8, 4) is 11.5 Å². The van der Waals surface area contributed by atoms with Gasteiger partial charge in [0.2, 0.25) is 0 Å². The van der Waals surface area contributed by atoms with Gasteiger partial charge in [-0.1, -0.05) is 25.8 Å². The average Bonchev–Trinajstić information content (AvgIpc) is 2.75. The molecule has 0 bridgehead atoms. The number of para-hydroxylation sites is 1. The van der Waals surface area contributed by atoms with Crippen LogP contribution in [0.2, 0.25) is 0 Å². The number of hydrogen-bond acceptors (Lipinski definition) is 3. The van der Waals surface area contributed by atoms with Crippen LogP contribution in [0.15, 0.2) is 18.2 Å². The smallest absolute Gasteiger partial charge is 0.255 e. The Balaban J connectivity index is 1.97. The molecule has 98 valence electrons. The summed E-state index contributed by atoms with van der Waals surface area (Å²) in [5, 5.41) is 21.8. The summed E-state index contributed by atoms with van der Waals surface area (Å²) in [5.74, 6) is 0.213. The van der Waals surface area contributed by atoms with Gasteiger partial charge in [-0.3, -0.25) is 4.79 Å². The topological polar surface area (TPSA) is 69.6 Å². The fourth-order valence-corrected chi connectivity index (χ4v) is 2.56. The van der Waals surface area contributed by atoms with Crippen molar-refractivity contribution in [2.75, 3.05) is 6.54 Å². The summed E-state index contributed by atoms with van der Waals surface area (Å²) in [6.07, 6.45) is 3.59. The van der Waals surface area contributed by atoms with E-state index in [1.165, 1.54) is 25.0 Å². The summed E-state index contributed by atoms with van der Waals surface area (Å²) in [5.41, 5.74) is 0.126. The second-order valence-electron chi connectivity index (χ2n) is 5.05. The Hall–Kier alpha value is -1.71. The minimum absolute atomic E-state index is 0.126. The molecule has 18 heavy (non-hydrogen) atoms. The predicted molar refractivity (Wildman–Crippen MR) is 68.6 cm³/mol. The number of carbonyl (C=O) groups excluding carboxylic acids is 1. The highest BCUT2D eigenvalue weighted by molar-refractivity contribution is 5.97. The normalized spacial score (nSPS) is 22.9. The first-order valence-corrected chi connectivity index (χ1v) is 6.38. The van der Waals surface area contributed by atoms with Crippen molar-refractivity contribution in [3.63, 3.8) is 0 Å². The molecule has 0 aliphatic heterocycles. The molecule has 4 heteroatoms. The van der Waals surface area contributed by atoms with Gasteiger partial charge in [0, 0.05) is 6.54 Å². The maximum absolute atomic E-state index is 11.9. The van der Waals surface area contributed by atoms with Crippen LogP contribution in [0.1, 0.15) is 36.5 Å². The van der Waals surface area contributed by atoms with Crippen molar-refractivity contribution in [2.24, 2.45) is 11.8 Å². The number of benzene rings is 1. The van der Waals surface area contributed by atoms with Crippen LogP contribution in [0.3, 0.4) is 0 Å². The summed E-state index contributed by atoms with van der Waals surface area (Å²) in [4.78, 5) is 11.9. The lowest BCUT2D eigenvalue weighted by Crippen LogP contribution is -2.30. The molecule has 2 unspecified atom stereocenters. The number of phenols is 2. The van der Waals surface area contributed by atoms with Gasteiger partial charge < -0.3 is 15.5 Å². The lowest BCUT2D eigenvalue weighted by atomic mass is 9.98. The van der Waals surface area contributed by atoms with Gasteiger partial charge in [0.15, 0.2) is 11.5 Å². The van der Waals surface area contributed by atoms with E-state index in [9.17, 15) is 15.0 Å². The van der Waals surface area contributed by atoms with Crippen molar-refractivity contribution < 1.29 is 15.0 Å². The lowest BCUT2D eigenvalue weighted by molar-refractivity contribution is 0.0941. The molecule has 1 fully saturated rings. The molecule has 1 amide bonds. The number of aromatic hydroxyl groups is 2.